The van der Waals surface area contributed by atoms with Gasteiger partial charge in [-0.25, -0.2) is 4.79 Å². The first-order valence-corrected chi connectivity index (χ1v) is 6.35. The summed E-state index contributed by atoms with van der Waals surface area (Å²) in [6, 6.07) is 0. The minimum absolute atomic E-state index is 0.375. The summed E-state index contributed by atoms with van der Waals surface area (Å²) >= 11 is 0. The number of hydrogen-bond acceptors (Lipinski definition) is 5. The molecule has 1 rings (SSSR count). The summed E-state index contributed by atoms with van der Waals surface area (Å²) in [5, 5.41) is 0. The van der Waals surface area contributed by atoms with Crippen LogP contribution in [0.5, 0.6) is 0 Å². The number of rotatable bonds is 5. The summed E-state index contributed by atoms with van der Waals surface area (Å²) in [7, 11) is 0. The molecule has 0 aromatic carbocycles. The van der Waals surface area contributed by atoms with Gasteiger partial charge in [0.05, 0.1) is 6.61 Å². The second-order valence-electron chi connectivity index (χ2n) is 5.76. The van der Waals surface area contributed by atoms with E-state index in [0.29, 0.717) is 19.4 Å². The minimum Gasteiger partial charge on any atom is -0.457 e. The van der Waals surface area contributed by atoms with Gasteiger partial charge in [0.15, 0.2) is 0 Å². The monoisotopic (exact) mass is 273 g/mol. The fourth-order valence-corrected chi connectivity index (χ4v) is 1.41. The standard InChI is InChI=1S/C13H23NO5/c1-12(2,3)19-11(15)14-17-8-6-7-10-9-16-13(4,5)18-10/h9H,6-8H2,1-5H3,(H,14,15). The van der Waals surface area contributed by atoms with Crippen molar-refractivity contribution in [3.05, 3.63) is 12.0 Å². The molecule has 0 unspecified atom stereocenters. The maximum absolute atomic E-state index is 11.2. The Labute approximate surface area is 114 Å². The fraction of sp³-hybridized carbons (Fsp3) is 0.769. The average molecular weight is 273 g/mol. The number of nitrogens with one attached hydrogen (secondary N) is 1. The third kappa shape index (κ3) is 6.91. The third-order valence-corrected chi connectivity index (χ3v) is 2.08. The van der Waals surface area contributed by atoms with Crippen molar-refractivity contribution in [2.45, 2.75) is 58.8 Å². The van der Waals surface area contributed by atoms with Crippen LogP contribution in [0.4, 0.5) is 4.79 Å². The van der Waals surface area contributed by atoms with Crippen molar-refractivity contribution < 1.29 is 23.8 Å². The second kappa shape index (κ2) is 6.14. The Hall–Kier alpha value is -1.43. The van der Waals surface area contributed by atoms with Crippen LogP contribution in [0.3, 0.4) is 0 Å². The van der Waals surface area contributed by atoms with E-state index in [4.69, 9.17) is 19.0 Å². The van der Waals surface area contributed by atoms with Crippen molar-refractivity contribution in [1.82, 2.24) is 5.48 Å². The van der Waals surface area contributed by atoms with Crippen LogP contribution in [0.25, 0.3) is 0 Å². The highest BCUT2D eigenvalue weighted by molar-refractivity contribution is 5.66. The van der Waals surface area contributed by atoms with Crippen molar-refractivity contribution >= 4 is 6.09 Å². The first-order chi connectivity index (χ1) is 8.68. The normalized spacial score (nSPS) is 17.2. The maximum atomic E-state index is 11.2. The quantitative estimate of drug-likeness (QED) is 0.616. The molecule has 6 nitrogen and oxygen atoms in total. The highest BCUT2D eigenvalue weighted by Crippen LogP contribution is 2.26. The highest BCUT2D eigenvalue weighted by atomic mass is 16.7. The van der Waals surface area contributed by atoms with Crippen LogP contribution < -0.4 is 5.48 Å². The molecule has 0 saturated heterocycles. The van der Waals surface area contributed by atoms with E-state index in [9.17, 15) is 4.79 Å². The zero-order chi connectivity index (χ0) is 14.5. The van der Waals surface area contributed by atoms with Gasteiger partial charge in [-0.15, -0.1) is 0 Å². The Balaban J connectivity index is 2.05. The van der Waals surface area contributed by atoms with E-state index in [0.717, 1.165) is 5.76 Å². The molecular weight excluding hydrogens is 250 g/mol. The molecule has 6 heteroatoms. The molecule has 0 saturated carbocycles. The van der Waals surface area contributed by atoms with Crippen LogP contribution in [0.15, 0.2) is 12.0 Å². The molecule has 1 aliphatic rings. The molecule has 1 amide bonds. The van der Waals surface area contributed by atoms with Crippen LogP contribution in [-0.4, -0.2) is 24.1 Å². The van der Waals surface area contributed by atoms with E-state index in [2.05, 4.69) is 5.48 Å². The number of carbonyl (C=O) groups is 1. The third-order valence-electron chi connectivity index (χ3n) is 2.08. The van der Waals surface area contributed by atoms with E-state index in [1.54, 1.807) is 27.0 Å². The first kappa shape index (κ1) is 15.6. The number of ether oxygens (including phenoxy) is 3. The summed E-state index contributed by atoms with van der Waals surface area (Å²) in [6.45, 7) is 9.43. The minimum atomic E-state index is -0.590. The Morgan fingerprint density at radius 3 is 2.63 bits per heavy atom. The number of allylic oxidation sites excluding steroid dienone is 1. The molecule has 0 spiro atoms. The zero-order valence-corrected chi connectivity index (χ0v) is 12.2. The second-order valence-corrected chi connectivity index (χ2v) is 5.76. The zero-order valence-electron chi connectivity index (χ0n) is 12.2. The summed E-state index contributed by atoms with van der Waals surface area (Å²) in [6.07, 6.45) is 2.43. The molecule has 1 aliphatic heterocycles. The fourth-order valence-electron chi connectivity index (χ4n) is 1.41. The predicted octanol–water partition coefficient (Wildman–Crippen LogP) is 2.85. The van der Waals surface area contributed by atoms with Crippen molar-refractivity contribution in [2.24, 2.45) is 0 Å². The van der Waals surface area contributed by atoms with Gasteiger partial charge >= 0.3 is 6.09 Å². The molecule has 0 bridgehead atoms. The van der Waals surface area contributed by atoms with Crippen LogP contribution >= 0.6 is 0 Å². The molecule has 19 heavy (non-hydrogen) atoms. The maximum Gasteiger partial charge on any atom is 0.431 e. The number of hydrogen-bond donors (Lipinski definition) is 1. The van der Waals surface area contributed by atoms with Crippen LogP contribution in [-0.2, 0) is 19.0 Å². The van der Waals surface area contributed by atoms with Crippen molar-refractivity contribution in [3.8, 4) is 0 Å². The van der Waals surface area contributed by atoms with Crippen LogP contribution in [0.2, 0.25) is 0 Å². The van der Waals surface area contributed by atoms with Crippen molar-refractivity contribution in [1.29, 1.82) is 0 Å². The van der Waals surface area contributed by atoms with Gasteiger partial charge in [-0.3, -0.25) is 4.84 Å². The van der Waals surface area contributed by atoms with Gasteiger partial charge in [-0.1, -0.05) is 0 Å². The molecule has 110 valence electrons. The van der Waals surface area contributed by atoms with Gasteiger partial charge in [0, 0.05) is 20.3 Å². The van der Waals surface area contributed by atoms with E-state index < -0.39 is 17.5 Å². The molecule has 0 fully saturated rings. The molecule has 0 atom stereocenters. The van der Waals surface area contributed by atoms with Gasteiger partial charge in [0.1, 0.15) is 17.6 Å². The molecule has 0 radical (unpaired) electrons. The Kier molecular flexibility index (Phi) is 5.05. The average Bonchev–Trinajstić information content (AvgIpc) is 2.55. The summed E-state index contributed by atoms with van der Waals surface area (Å²) in [5.74, 6) is 0.205. The molecule has 1 heterocycles. The van der Waals surface area contributed by atoms with E-state index >= 15 is 0 Å². The lowest BCUT2D eigenvalue weighted by molar-refractivity contribution is -0.118. The van der Waals surface area contributed by atoms with E-state index in [1.165, 1.54) is 0 Å². The van der Waals surface area contributed by atoms with E-state index in [1.807, 2.05) is 13.8 Å². The topological polar surface area (TPSA) is 66.0 Å². The van der Waals surface area contributed by atoms with Gasteiger partial charge in [0.25, 0.3) is 0 Å². The smallest absolute Gasteiger partial charge is 0.431 e. The highest BCUT2D eigenvalue weighted by Gasteiger charge is 2.26. The predicted molar refractivity (Wildman–Crippen MR) is 68.9 cm³/mol. The largest absolute Gasteiger partial charge is 0.457 e. The number of hydroxylamine groups is 1. The number of carbonyl (C=O) groups excluding carboxylic acids is 1. The number of amides is 1. The van der Waals surface area contributed by atoms with Gasteiger partial charge in [-0.05, 0) is 27.2 Å². The Morgan fingerprint density at radius 1 is 1.42 bits per heavy atom. The molecule has 1 N–H and O–H groups in total. The van der Waals surface area contributed by atoms with Crippen LogP contribution in [0, 0.1) is 0 Å². The molecular formula is C13H23NO5. The molecule has 0 aromatic heterocycles. The lowest BCUT2D eigenvalue weighted by Gasteiger charge is -2.19. The van der Waals surface area contributed by atoms with Crippen molar-refractivity contribution in [2.75, 3.05) is 6.61 Å². The van der Waals surface area contributed by atoms with Gasteiger partial charge in [0.2, 0.25) is 5.79 Å². The van der Waals surface area contributed by atoms with E-state index in [-0.39, 0.29) is 0 Å². The lowest BCUT2D eigenvalue weighted by atomic mass is 10.2. The summed E-state index contributed by atoms with van der Waals surface area (Å²) < 4.78 is 15.8. The first-order valence-electron chi connectivity index (χ1n) is 6.35. The summed E-state index contributed by atoms with van der Waals surface area (Å²) in [5.41, 5.74) is 1.70. The lowest BCUT2D eigenvalue weighted by Crippen LogP contribution is -2.32. The van der Waals surface area contributed by atoms with Gasteiger partial charge in [-0.2, -0.15) is 5.48 Å². The molecule has 0 aliphatic carbocycles. The Bertz CT molecular complexity index is 343. The van der Waals surface area contributed by atoms with Crippen molar-refractivity contribution in [3.63, 3.8) is 0 Å². The van der Waals surface area contributed by atoms with Gasteiger partial charge < -0.3 is 14.2 Å². The summed E-state index contributed by atoms with van der Waals surface area (Å²) in [4.78, 5) is 16.3. The SMILES string of the molecule is CC(C)(C)OC(=O)NOCCCC1=COC(C)(C)O1. The van der Waals surface area contributed by atoms with Crippen LogP contribution in [0.1, 0.15) is 47.5 Å². The molecule has 0 aromatic rings. The Morgan fingerprint density at radius 2 is 2.11 bits per heavy atom.